The molecule has 2 heterocycles. The molecule has 0 bridgehead atoms. The summed E-state index contributed by atoms with van der Waals surface area (Å²) < 4.78 is 36.5. The molecule has 2 aromatic carbocycles. The molecule has 3 aromatic rings. The molecule has 1 aromatic heterocycles. The second-order valence-electron chi connectivity index (χ2n) is 6.60. The van der Waals surface area contributed by atoms with Crippen LogP contribution in [0.15, 0.2) is 70.3 Å². The maximum Gasteiger partial charge on any atom is 0.229 e. The van der Waals surface area contributed by atoms with Crippen molar-refractivity contribution in [1.82, 2.24) is 0 Å². The van der Waals surface area contributed by atoms with E-state index < -0.39 is 16.2 Å². The van der Waals surface area contributed by atoms with Crippen LogP contribution in [0.4, 0.5) is 11.4 Å². The van der Waals surface area contributed by atoms with Gasteiger partial charge in [-0.1, -0.05) is 12.1 Å². The minimum atomic E-state index is -3.41. The number of hydrogen-bond donors (Lipinski definition) is 2. The van der Waals surface area contributed by atoms with Gasteiger partial charge in [0, 0.05) is 11.4 Å². The van der Waals surface area contributed by atoms with Gasteiger partial charge in [-0.3, -0.25) is 4.72 Å². The Bertz CT molecular complexity index is 1270. The van der Waals surface area contributed by atoms with Gasteiger partial charge >= 0.3 is 0 Å². The fourth-order valence-corrected chi connectivity index (χ4v) is 3.81. The third-order valence-corrected chi connectivity index (χ3v) is 5.11. The number of nitrogens with one attached hydrogen (secondary N) is 1. The number of rotatable bonds is 5. The number of anilines is 2. The number of nitrogens with two attached hydrogens (primary N) is 1. The minimum absolute atomic E-state index is 0.429. The SMILES string of the molecule is COc1ccc(N2C(N)=c3ccoc3=NC2c2cccc(NS(C)(=O)=O)c2)cc1. The van der Waals surface area contributed by atoms with Gasteiger partial charge < -0.3 is 19.8 Å². The van der Waals surface area contributed by atoms with Crippen molar-refractivity contribution in [2.24, 2.45) is 10.7 Å². The van der Waals surface area contributed by atoms with Crippen molar-refractivity contribution in [2.45, 2.75) is 6.17 Å². The topological polar surface area (TPSA) is 110 Å². The van der Waals surface area contributed by atoms with Crippen LogP contribution in [0.25, 0.3) is 5.82 Å². The van der Waals surface area contributed by atoms with Crippen molar-refractivity contribution >= 4 is 27.2 Å². The van der Waals surface area contributed by atoms with E-state index in [0.717, 1.165) is 23.3 Å². The summed E-state index contributed by atoms with van der Waals surface area (Å²) >= 11 is 0. The summed E-state index contributed by atoms with van der Waals surface area (Å²) in [6, 6.07) is 16.2. The highest BCUT2D eigenvalue weighted by atomic mass is 32.2. The van der Waals surface area contributed by atoms with Gasteiger partial charge in [0.2, 0.25) is 15.6 Å². The lowest BCUT2D eigenvalue weighted by atomic mass is 10.1. The van der Waals surface area contributed by atoms with Crippen LogP contribution < -0.4 is 30.9 Å². The lowest BCUT2D eigenvalue weighted by Crippen LogP contribution is -2.43. The van der Waals surface area contributed by atoms with Gasteiger partial charge in [0.05, 0.1) is 24.8 Å². The van der Waals surface area contributed by atoms with Crippen molar-refractivity contribution in [2.75, 3.05) is 23.0 Å². The fourth-order valence-electron chi connectivity index (χ4n) is 3.25. The first kappa shape index (κ1) is 18.9. The van der Waals surface area contributed by atoms with Crippen LogP contribution in [0.1, 0.15) is 11.7 Å². The van der Waals surface area contributed by atoms with Crippen LogP contribution in [0.3, 0.4) is 0 Å². The quantitative estimate of drug-likeness (QED) is 0.658. The molecule has 0 amide bonds. The lowest BCUT2D eigenvalue weighted by Gasteiger charge is -2.33. The smallest absolute Gasteiger partial charge is 0.229 e. The molecule has 0 fully saturated rings. The lowest BCUT2D eigenvalue weighted by molar-refractivity contribution is 0.415. The average Bonchev–Trinajstić information content (AvgIpc) is 3.16. The summed E-state index contributed by atoms with van der Waals surface area (Å²) in [5.41, 5.74) is 8.92. The number of furan rings is 1. The predicted octanol–water partition coefficient (Wildman–Crippen LogP) is 1.52. The Kier molecular flexibility index (Phi) is 4.67. The minimum Gasteiger partial charge on any atom is -0.497 e. The van der Waals surface area contributed by atoms with Crippen molar-refractivity contribution in [3.8, 4) is 5.75 Å². The summed E-state index contributed by atoms with van der Waals surface area (Å²) in [6.07, 6.45) is 2.11. The van der Waals surface area contributed by atoms with Crippen LogP contribution in [0.2, 0.25) is 0 Å². The molecule has 0 saturated heterocycles. The zero-order valence-electron chi connectivity index (χ0n) is 15.9. The van der Waals surface area contributed by atoms with E-state index in [1.165, 1.54) is 6.26 Å². The molecule has 1 atom stereocenters. The zero-order chi connectivity index (χ0) is 20.6. The first-order valence-corrected chi connectivity index (χ1v) is 10.7. The highest BCUT2D eigenvalue weighted by Crippen LogP contribution is 2.33. The number of sulfonamides is 1. The molecule has 1 aliphatic heterocycles. The Morgan fingerprint density at radius 2 is 1.93 bits per heavy atom. The van der Waals surface area contributed by atoms with Crippen LogP contribution in [0.5, 0.6) is 5.75 Å². The third-order valence-electron chi connectivity index (χ3n) is 4.50. The van der Waals surface area contributed by atoms with E-state index in [-0.39, 0.29) is 0 Å². The standard InChI is InChI=1S/C20H20N4O4S/c1-27-16-8-6-15(7-9-16)24-18(21)17-10-11-28-20(17)22-19(24)13-4-3-5-14(12-13)23-29(2,25)26/h3-12,19,23H,21H2,1-2H3. The molecule has 8 nitrogen and oxygen atoms in total. The number of fused-ring (bicyclic) bond motifs is 1. The summed E-state index contributed by atoms with van der Waals surface area (Å²) in [7, 11) is -1.80. The summed E-state index contributed by atoms with van der Waals surface area (Å²) in [6.45, 7) is 0. The molecular formula is C20H20N4O4S. The largest absolute Gasteiger partial charge is 0.497 e. The Morgan fingerprint density at radius 3 is 2.62 bits per heavy atom. The Morgan fingerprint density at radius 1 is 1.17 bits per heavy atom. The van der Waals surface area contributed by atoms with Crippen molar-refractivity contribution in [1.29, 1.82) is 0 Å². The molecule has 0 saturated carbocycles. The molecule has 1 unspecified atom stereocenters. The molecule has 9 heteroatoms. The van der Waals surface area contributed by atoms with Crippen LogP contribution in [0, 0.1) is 0 Å². The number of nitrogens with zero attached hydrogens (tertiary/aromatic N) is 2. The third kappa shape index (κ3) is 3.77. The molecule has 0 aliphatic carbocycles. The zero-order valence-corrected chi connectivity index (χ0v) is 16.7. The number of hydrogen-bond acceptors (Lipinski definition) is 7. The number of ether oxygens (including phenoxy) is 1. The second kappa shape index (κ2) is 7.17. The second-order valence-corrected chi connectivity index (χ2v) is 8.34. The molecule has 29 heavy (non-hydrogen) atoms. The fraction of sp³-hybridized carbons (Fsp3) is 0.150. The highest BCUT2D eigenvalue weighted by Gasteiger charge is 2.27. The van der Waals surface area contributed by atoms with Gasteiger partial charge in [-0.05, 0) is 48.0 Å². The number of benzene rings is 2. The van der Waals surface area contributed by atoms with Crippen molar-refractivity contribution in [3.63, 3.8) is 0 Å². The molecule has 4 rings (SSSR count). The first-order valence-electron chi connectivity index (χ1n) is 8.78. The van der Waals surface area contributed by atoms with Crippen molar-refractivity contribution in [3.05, 3.63) is 77.2 Å². The molecule has 0 spiro atoms. The Balaban J connectivity index is 1.84. The van der Waals surface area contributed by atoms with Gasteiger partial charge in [0.1, 0.15) is 11.6 Å². The van der Waals surface area contributed by atoms with Gasteiger partial charge in [-0.15, -0.1) is 0 Å². The average molecular weight is 412 g/mol. The molecule has 0 radical (unpaired) electrons. The predicted molar refractivity (Wildman–Crippen MR) is 110 cm³/mol. The van der Waals surface area contributed by atoms with E-state index in [1.54, 1.807) is 31.4 Å². The molecule has 1 aliphatic rings. The normalized spacial score (nSPS) is 16.1. The molecule has 3 N–H and O–H groups in total. The van der Waals surface area contributed by atoms with Gasteiger partial charge in [-0.25, -0.2) is 13.4 Å². The van der Waals surface area contributed by atoms with Crippen LogP contribution >= 0.6 is 0 Å². The monoisotopic (exact) mass is 412 g/mol. The van der Waals surface area contributed by atoms with Gasteiger partial charge in [0.25, 0.3) is 0 Å². The van der Waals surface area contributed by atoms with Crippen LogP contribution in [-0.2, 0) is 10.0 Å². The van der Waals surface area contributed by atoms with E-state index in [9.17, 15) is 8.42 Å². The summed E-state index contributed by atoms with van der Waals surface area (Å²) in [5.74, 6) is 1.21. The van der Waals surface area contributed by atoms with E-state index in [4.69, 9.17) is 19.9 Å². The van der Waals surface area contributed by atoms with E-state index >= 15 is 0 Å². The van der Waals surface area contributed by atoms with E-state index in [0.29, 0.717) is 22.3 Å². The first-order chi connectivity index (χ1) is 13.9. The van der Waals surface area contributed by atoms with Crippen molar-refractivity contribution < 1.29 is 17.6 Å². The Hall–Kier alpha value is -3.46. The van der Waals surface area contributed by atoms with Gasteiger partial charge in [0.15, 0.2) is 6.17 Å². The van der Waals surface area contributed by atoms with Gasteiger partial charge in [-0.2, -0.15) is 0 Å². The number of methoxy groups -OCH3 is 1. The molecular weight excluding hydrogens is 392 g/mol. The van der Waals surface area contributed by atoms with E-state index in [1.807, 2.05) is 35.2 Å². The summed E-state index contributed by atoms with van der Waals surface area (Å²) in [4.78, 5) is 6.59. The Labute approximate surface area is 168 Å². The van der Waals surface area contributed by atoms with E-state index in [2.05, 4.69) is 4.72 Å². The summed E-state index contributed by atoms with van der Waals surface area (Å²) in [5, 5.41) is 0.697. The van der Waals surface area contributed by atoms with Crippen LogP contribution in [-0.4, -0.2) is 21.8 Å². The highest BCUT2D eigenvalue weighted by molar-refractivity contribution is 7.92. The molecule has 150 valence electrons. The maximum atomic E-state index is 11.6. The maximum absolute atomic E-state index is 11.6.